The lowest BCUT2D eigenvalue weighted by atomic mass is 10.1. The van der Waals surface area contributed by atoms with E-state index in [-0.39, 0.29) is 5.71 Å². The first-order valence-electron chi connectivity index (χ1n) is 5.17. The third kappa shape index (κ3) is 1.88. The molecule has 0 atom stereocenters. The van der Waals surface area contributed by atoms with E-state index in [0.717, 1.165) is 5.01 Å². The van der Waals surface area contributed by atoms with Gasteiger partial charge in [0.15, 0.2) is 0 Å². The van der Waals surface area contributed by atoms with Crippen LogP contribution in [0.3, 0.4) is 0 Å². The lowest BCUT2D eigenvalue weighted by molar-refractivity contribution is -0.172. The maximum Gasteiger partial charge on any atom is 0.310 e. The predicted molar refractivity (Wildman–Crippen MR) is 64.6 cm³/mol. The largest absolute Gasteiger partial charge is 0.353 e. The number of rotatable bonds is 1. The molecule has 2 heterocycles. The Morgan fingerprint density at radius 3 is 2.47 bits per heavy atom. The molecule has 92 valence electrons. The summed E-state index contributed by atoms with van der Waals surface area (Å²) in [7, 11) is 0. The molecule has 1 amide bonds. The Balaban J connectivity index is 2.48. The SMILES string of the molecule is CC(C)(C)N1N=C(c2cccs2)C(O)(O)C1=O. The maximum absolute atomic E-state index is 11.9. The molecule has 1 aliphatic heterocycles. The number of amides is 1. The zero-order chi connectivity index (χ0) is 12.8. The zero-order valence-electron chi connectivity index (χ0n) is 9.84. The summed E-state index contributed by atoms with van der Waals surface area (Å²) in [6.07, 6.45) is 0. The van der Waals surface area contributed by atoms with E-state index in [2.05, 4.69) is 5.10 Å². The summed E-state index contributed by atoms with van der Waals surface area (Å²) in [4.78, 5) is 12.5. The number of hydrogen-bond donors (Lipinski definition) is 2. The average molecular weight is 254 g/mol. The summed E-state index contributed by atoms with van der Waals surface area (Å²) in [5.74, 6) is -3.34. The Morgan fingerprint density at radius 1 is 1.41 bits per heavy atom. The number of aliphatic hydroxyl groups is 2. The summed E-state index contributed by atoms with van der Waals surface area (Å²) >= 11 is 1.31. The fraction of sp³-hybridized carbons (Fsp3) is 0.455. The predicted octanol–water partition coefficient (Wildman–Crippen LogP) is 0.774. The lowest BCUT2D eigenvalue weighted by Crippen LogP contribution is -2.50. The molecule has 1 aromatic rings. The summed E-state index contributed by atoms with van der Waals surface area (Å²) < 4.78 is 0. The summed E-state index contributed by atoms with van der Waals surface area (Å²) in [6.45, 7) is 5.34. The van der Waals surface area contributed by atoms with E-state index in [1.54, 1.807) is 38.3 Å². The van der Waals surface area contributed by atoms with Gasteiger partial charge in [0.05, 0.1) is 10.4 Å². The van der Waals surface area contributed by atoms with Crippen LogP contribution in [-0.4, -0.2) is 38.2 Å². The number of thiophene rings is 1. The normalized spacial score (nSPS) is 19.7. The Kier molecular flexibility index (Phi) is 2.61. The van der Waals surface area contributed by atoms with Crippen LogP contribution >= 0.6 is 11.3 Å². The van der Waals surface area contributed by atoms with E-state index in [9.17, 15) is 15.0 Å². The Morgan fingerprint density at radius 2 is 2.06 bits per heavy atom. The van der Waals surface area contributed by atoms with Crippen LogP contribution in [0.25, 0.3) is 0 Å². The zero-order valence-corrected chi connectivity index (χ0v) is 10.7. The molecule has 2 rings (SSSR count). The molecule has 0 fully saturated rings. The van der Waals surface area contributed by atoms with Gasteiger partial charge >= 0.3 is 5.91 Å². The van der Waals surface area contributed by atoms with Crippen LogP contribution in [0.4, 0.5) is 0 Å². The molecular formula is C11H14N2O3S. The highest BCUT2D eigenvalue weighted by Crippen LogP contribution is 2.30. The van der Waals surface area contributed by atoms with Crippen LogP contribution in [0.5, 0.6) is 0 Å². The minimum absolute atomic E-state index is 0.00701. The van der Waals surface area contributed by atoms with Crippen LogP contribution < -0.4 is 0 Å². The van der Waals surface area contributed by atoms with Crippen molar-refractivity contribution in [1.29, 1.82) is 0 Å². The molecular weight excluding hydrogens is 240 g/mol. The van der Waals surface area contributed by atoms with Gasteiger partial charge in [-0.1, -0.05) is 6.07 Å². The van der Waals surface area contributed by atoms with Crippen molar-refractivity contribution in [3.05, 3.63) is 22.4 Å². The average Bonchev–Trinajstić information content (AvgIpc) is 2.74. The smallest absolute Gasteiger partial charge is 0.310 e. The topological polar surface area (TPSA) is 73.1 Å². The summed E-state index contributed by atoms with van der Waals surface area (Å²) in [5.41, 5.74) is -0.597. The van der Waals surface area contributed by atoms with E-state index < -0.39 is 17.2 Å². The Labute approximate surface area is 103 Å². The lowest BCUT2D eigenvalue weighted by Gasteiger charge is -2.28. The number of hydrazone groups is 1. The van der Waals surface area contributed by atoms with E-state index in [1.807, 2.05) is 0 Å². The van der Waals surface area contributed by atoms with E-state index in [4.69, 9.17) is 0 Å². The van der Waals surface area contributed by atoms with Crippen molar-refractivity contribution in [2.24, 2.45) is 5.10 Å². The molecule has 0 aliphatic carbocycles. The monoisotopic (exact) mass is 254 g/mol. The van der Waals surface area contributed by atoms with Gasteiger partial charge in [0.1, 0.15) is 5.71 Å². The molecule has 0 unspecified atom stereocenters. The quantitative estimate of drug-likeness (QED) is 0.727. The van der Waals surface area contributed by atoms with Crippen molar-refractivity contribution < 1.29 is 15.0 Å². The third-order valence-corrected chi connectivity index (χ3v) is 3.29. The molecule has 0 saturated carbocycles. The molecule has 1 aliphatic rings. The van der Waals surface area contributed by atoms with Crippen LogP contribution in [0.1, 0.15) is 25.6 Å². The van der Waals surface area contributed by atoms with E-state index in [1.165, 1.54) is 11.3 Å². The van der Waals surface area contributed by atoms with Gasteiger partial charge in [-0.2, -0.15) is 5.10 Å². The number of carbonyl (C=O) groups excluding carboxylic acids is 1. The molecule has 0 bridgehead atoms. The van der Waals surface area contributed by atoms with Gasteiger partial charge in [-0.25, -0.2) is 5.01 Å². The van der Waals surface area contributed by atoms with E-state index in [0.29, 0.717) is 4.88 Å². The second-order valence-corrected chi connectivity index (χ2v) is 5.83. The van der Waals surface area contributed by atoms with Gasteiger partial charge in [-0.15, -0.1) is 11.3 Å². The second kappa shape index (κ2) is 3.63. The fourth-order valence-electron chi connectivity index (χ4n) is 1.55. The van der Waals surface area contributed by atoms with Crippen molar-refractivity contribution in [1.82, 2.24) is 5.01 Å². The molecule has 2 N–H and O–H groups in total. The first kappa shape index (κ1) is 12.2. The number of hydrogen-bond acceptors (Lipinski definition) is 5. The van der Waals surface area contributed by atoms with Crippen molar-refractivity contribution in [2.45, 2.75) is 32.1 Å². The van der Waals surface area contributed by atoms with Crippen molar-refractivity contribution in [2.75, 3.05) is 0 Å². The third-order valence-electron chi connectivity index (χ3n) is 2.41. The Bertz CT molecular complexity index is 471. The molecule has 0 saturated heterocycles. The highest BCUT2D eigenvalue weighted by atomic mass is 32.1. The van der Waals surface area contributed by atoms with Gasteiger partial charge < -0.3 is 10.2 Å². The van der Waals surface area contributed by atoms with Gasteiger partial charge in [-0.05, 0) is 32.2 Å². The Hall–Kier alpha value is -1.24. The molecule has 0 spiro atoms. The van der Waals surface area contributed by atoms with Crippen molar-refractivity contribution in [3.63, 3.8) is 0 Å². The molecule has 5 nitrogen and oxygen atoms in total. The van der Waals surface area contributed by atoms with Crippen LogP contribution in [0, 0.1) is 0 Å². The number of nitrogens with zero attached hydrogens (tertiary/aromatic N) is 2. The van der Waals surface area contributed by atoms with Crippen LogP contribution in [-0.2, 0) is 4.79 Å². The molecule has 0 aromatic carbocycles. The van der Waals surface area contributed by atoms with Crippen LogP contribution in [0.2, 0.25) is 0 Å². The standard InChI is InChI=1S/C11H14N2O3S/c1-10(2,3)13-9(14)11(15,16)8(12-13)7-5-4-6-17-7/h4-6,15-16H,1-3H3. The molecule has 6 heteroatoms. The van der Waals surface area contributed by atoms with Gasteiger partial charge in [0.2, 0.25) is 0 Å². The molecule has 1 aromatic heterocycles. The summed E-state index contributed by atoms with van der Waals surface area (Å²) in [5, 5.41) is 26.7. The summed E-state index contributed by atoms with van der Waals surface area (Å²) in [6, 6.07) is 3.47. The minimum Gasteiger partial charge on any atom is -0.353 e. The van der Waals surface area contributed by atoms with Gasteiger partial charge in [0.25, 0.3) is 5.79 Å². The second-order valence-electron chi connectivity index (χ2n) is 4.89. The van der Waals surface area contributed by atoms with Crippen LogP contribution in [0.15, 0.2) is 22.6 Å². The maximum atomic E-state index is 11.9. The number of carbonyl (C=O) groups is 1. The van der Waals surface area contributed by atoms with Crippen molar-refractivity contribution >= 4 is 23.0 Å². The van der Waals surface area contributed by atoms with E-state index >= 15 is 0 Å². The van der Waals surface area contributed by atoms with Gasteiger partial charge in [-0.3, -0.25) is 4.79 Å². The molecule has 17 heavy (non-hydrogen) atoms. The highest BCUT2D eigenvalue weighted by molar-refractivity contribution is 7.12. The first-order valence-corrected chi connectivity index (χ1v) is 6.05. The fourth-order valence-corrected chi connectivity index (χ4v) is 2.31. The molecule has 0 radical (unpaired) electrons. The highest BCUT2D eigenvalue weighted by Gasteiger charge is 2.52. The minimum atomic E-state index is -2.53. The van der Waals surface area contributed by atoms with Crippen molar-refractivity contribution in [3.8, 4) is 0 Å². The first-order chi connectivity index (χ1) is 7.74. The van der Waals surface area contributed by atoms with Gasteiger partial charge in [0, 0.05) is 0 Å².